The van der Waals surface area contributed by atoms with Crippen molar-refractivity contribution in [2.75, 3.05) is 20.2 Å². The van der Waals surface area contributed by atoms with Gasteiger partial charge in [-0.05, 0) is 18.4 Å². The summed E-state index contributed by atoms with van der Waals surface area (Å²) >= 11 is 0. The Hall–Kier alpha value is -1.68. The number of aldehydes is 1. The average molecular weight is 301 g/mol. The molecule has 1 aliphatic heterocycles. The maximum absolute atomic E-state index is 12.7. The number of ether oxygens (including phenoxy) is 1. The molecule has 2 unspecified atom stereocenters. The van der Waals surface area contributed by atoms with Crippen LogP contribution in [0.2, 0.25) is 0 Å². The standard InChI is InChI=1S/C18H23NO3/c1-22-18(15-9-3-2-4-10-15)13-19(11-16(18)12-20)17(21)14-7-5-6-8-14/h2-4,9-10,12,14,16H,5-8,11,13H2,1H3. The third-order valence-electron chi connectivity index (χ3n) is 5.25. The first-order valence-electron chi connectivity index (χ1n) is 8.06. The smallest absolute Gasteiger partial charge is 0.225 e. The minimum atomic E-state index is -0.711. The van der Waals surface area contributed by atoms with Crippen LogP contribution >= 0.6 is 0 Å². The molecule has 4 nitrogen and oxygen atoms in total. The average Bonchev–Trinajstić information content (AvgIpc) is 3.23. The van der Waals surface area contributed by atoms with E-state index in [0.717, 1.165) is 37.5 Å². The van der Waals surface area contributed by atoms with Crippen molar-refractivity contribution in [2.45, 2.75) is 31.3 Å². The van der Waals surface area contributed by atoms with Crippen molar-refractivity contribution in [3.8, 4) is 0 Å². The van der Waals surface area contributed by atoms with E-state index in [1.807, 2.05) is 35.2 Å². The lowest BCUT2D eigenvalue weighted by molar-refractivity contribution is -0.135. The molecule has 0 aromatic heterocycles. The Morgan fingerprint density at radius 2 is 1.95 bits per heavy atom. The predicted octanol–water partition coefficient (Wildman–Crippen LogP) is 2.38. The summed E-state index contributed by atoms with van der Waals surface area (Å²) in [4.78, 5) is 26.2. The van der Waals surface area contributed by atoms with Crippen molar-refractivity contribution in [3.63, 3.8) is 0 Å². The van der Waals surface area contributed by atoms with Crippen molar-refractivity contribution in [3.05, 3.63) is 35.9 Å². The molecule has 0 N–H and O–H groups in total. The number of benzene rings is 1. The fraction of sp³-hybridized carbons (Fsp3) is 0.556. The molecule has 2 atom stereocenters. The van der Waals surface area contributed by atoms with Gasteiger partial charge in [0.1, 0.15) is 11.9 Å². The topological polar surface area (TPSA) is 46.6 Å². The lowest BCUT2D eigenvalue weighted by Crippen LogP contribution is -2.40. The molecule has 3 rings (SSSR count). The molecular formula is C18H23NO3. The van der Waals surface area contributed by atoms with Crippen LogP contribution in [0.4, 0.5) is 0 Å². The highest BCUT2D eigenvalue weighted by molar-refractivity contribution is 5.80. The number of likely N-dealkylation sites (tertiary alicyclic amines) is 1. The Morgan fingerprint density at radius 3 is 2.55 bits per heavy atom. The summed E-state index contributed by atoms with van der Waals surface area (Å²) in [6.45, 7) is 0.924. The van der Waals surface area contributed by atoms with Gasteiger partial charge in [-0.2, -0.15) is 0 Å². The number of methoxy groups -OCH3 is 1. The molecule has 1 saturated heterocycles. The van der Waals surface area contributed by atoms with Gasteiger partial charge < -0.3 is 14.4 Å². The van der Waals surface area contributed by atoms with E-state index >= 15 is 0 Å². The zero-order valence-corrected chi connectivity index (χ0v) is 13.0. The van der Waals surface area contributed by atoms with Gasteiger partial charge in [-0.3, -0.25) is 4.79 Å². The van der Waals surface area contributed by atoms with Crippen molar-refractivity contribution in [1.29, 1.82) is 0 Å². The number of rotatable bonds is 4. The van der Waals surface area contributed by atoms with Crippen molar-refractivity contribution in [2.24, 2.45) is 11.8 Å². The maximum Gasteiger partial charge on any atom is 0.225 e. The summed E-state index contributed by atoms with van der Waals surface area (Å²) in [7, 11) is 1.63. The number of nitrogens with zero attached hydrogens (tertiary/aromatic N) is 1. The summed E-state index contributed by atoms with van der Waals surface area (Å²) in [6, 6.07) is 9.78. The quantitative estimate of drug-likeness (QED) is 0.802. The van der Waals surface area contributed by atoms with Gasteiger partial charge in [0.2, 0.25) is 5.91 Å². The van der Waals surface area contributed by atoms with Crippen molar-refractivity contribution < 1.29 is 14.3 Å². The molecular weight excluding hydrogens is 278 g/mol. The number of hydrogen-bond acceptors (Lipinski definition) is 3. The van der Waals surface area contributed by atoms with E-state index in [1.165, 1.54) is 0 Å². The largest absolute Gasteiger partial charge is 0.371 e. The Labute approximate surface area is 131 Å². The van der Waals surface area contributed by atoms with Crippen LogP contribution in [-0.4, -0.2) is 37.3 Å². The normalized spacial score (nSPS) is 29.0. The second-order valence-electron chi connectivity index (χ2n) is 6.40. The van der Waals surface area contributed by atoms with Crippen molar-refractivity contribution >= 4 is 12.2 Å². The Morgan fingerprint density at radius 1 is 1.27 bits per heavy atom. The fourth-order valence-electron chi connectivity index (χ4n) is 3.96. The first-order valence-corrected chi connectivity index (χ1v) is 8.06. The van der Waals surface area contributed by atoms with E-state index in [2.05, 4.69) is 0 Å². The molecule has 1 heterocycles. The van der Waals surface area contributed by atoms with E-state index in [4.69, 9.17) is 4.74 Å². The molecule has 2 aliphatic rings. The molecule has 1 aliphatic carbocycles. The Kier molecular flexibility index (Phi) is 4.30. The highest BCUT2D eigenvalue weighted by Gasteiger charge is 2.50. The molecule has 0 bridgehead atoms. The second kappa shape index (κ2) is 6.21. The summed E-state index contributed by atoms with van der Waals surface area (Å²) < 4.78 is 5.81. The zero-order valence-electron chi connectivity index (χ0n) is 13.0. The monoisotopic (exact) mass is 301 g/mol. The number of amides is 1. The third kappa shape index (κ3) is 2.45. The lowest BCUT2D eigenvalue weighted by Gasteiger charge is -2.31. The van der Waals surface area contributed by atoms with Gasteiger partial charge in [-0.15, -0.1) is 0 Å². The van der Waals surface area contributed by atoms with Gasteiger partial charge in [0, 0.05) is 19.6 Å². The number of carbonyl (C=O) groups excluding carboxylic acids is 2. The summed E-state index contributed by atoms with van der Waals surface area (Å²) in [5.74, 6) is 0.0141. The van der Waals surface area contributed by atoms with Gasteiger partial charge in [-0.1, -0.05) is 43.2 Å². The Bertz CT molecular complexity index is 539. The molecule has 118 valence electrons. The van der Waals surface area contributed by atoms with Gasteiger partial charge in [0.05, 0.1) is 12.5 Å². The lowest BCUT2D eigenvalue weighted by atomic mass is 9.84. The predicted molar refractivity (Wildman–Crippen MR) is 83.2 cm³/mol. The first-order chi connectivity index (χ1) is 10.7. The van der Waals surface area contributed by atoms with Crippen LogP contribution in [0, 0.1) is 11.8 Å². The van der Waals surface area contributed by atoms with E-state index in [1.54, 1.807) is 7.11 Å². The molecule has 22 heavy (non-hydrogen) atoms. The molecule has 0 spiro atoms. The van der Waals surface area contributed by atoms with E-state index < -0.39 is 5.60 Å². The fourth-order valence-corrected chi connectivity index (χ4v) is 3.96. The van der Waals surface area contributed by atoms with Crippen LogP contribution in [-0.2, 0) is 19.9 Å². The molecule has 1 aromatic rings. The minimum absolute atomic E-state index is 0.135. The van der Waals surface area contributed by atoms with E-state index in [0.29, 0.717) is 13.1 Å². The molecule has 4 heteroatoms. The van der Waals surface area contributed by atoms with Crippen molar-refractivity contribution in [1.82, 2.24) is 4.90 Å². The van der Waals surface area contributed by atoms with Crippen LogP contribution in [0.3, 0.4) is 0 Å². The molecule has 1 saturated carbocycles. The highest BCUT2D eigenvalue weighted by atomic mass is 16.5. The minimum Gasteiger partial charge on any atom is -0.371 e. The van der Waals surface area contributed by atoms with Gasteiger partial charge in [0.25, 0.3) is 0 Å². The Balaban J connectivity index is 1.87. The van der Waals surface area contributed by atoms with Gasteiger partial charge in [0.15, 0.2) is 0 Å². The maximum atomic E-state index is 12.7. The van der Waals surface area contributed by atoms with Crippen LogP contribution in [0.5, 0.6) is 0 Å². The molecule has 2 fully saturated rings. The van der Waals surface area contributed by atoms with Crippen LogP contribution in [0.15, 0.2) is 30.3 Å². The number of carbonyl (C=O) groups is 2. The van der Waals surface area contributed by atoms with Crippen LogP contribution in [0.25, 0.3) is 0 Å². The first kappa shape index (κ1) is 15.2. The summed E-state index contributed by atoms with van der Waals surface area (Å²) in [6.07, 6.45) is 5.17. The highest BCUT2D eigenvalue weighted by Crippen LogP contribution is 2.40. The third-order valence-corrected chi connectivity index (χ3v) is 5.25. The molecule has 0 radical (unpaired) electrons. The summed E-state index contributed by atoms with van der Waals surface area (Å²) in [5, 5.41) is 0. The number of hydrogen-bond donors (Lipinski definition) is 0. The van der Waals surface area contributed by atoms with Gasteiger partial charge >= 0.3 is 0 Å². The van der Waals surface area contributed by atoms with Gasteiger partial charge in [-0.25, -0.2) is 0 Å². The molecule has 1 amide bonds. The second-order valence-corrected chi connectivity index (χ2v) is 6.40. The van der Waals surface area contributed by atoms with Crippen LogP contribution in [0.1, 0.15) is 31.2 Å². The van der Waals surface area contributed by atoms with Crippen LogP contribution < -0.4 is 0 Å². The SMILES string of the molecule is COC1(c2ccccc2)CN(C(=O)C2CCCC2)CC1C=O. The molecule has 1 aromatic carbocycles. The zero-order chi connectivity index (χ0) is 15.6. The summed E-state index contributed by atoms with van der Waals surface area (Å²) in [5.41, 5.74) is 0.258. The van der Waals surface area contributed by atoms with E-state index in [-0.39, 0.29) is 17.7 Å². The van der Waals surface area contributed by atoms with E-state index in [9.17, 15) is 9.59 Å².